The highest BCUT2D eigenvalue weighted by Crippen LogP contribution is 2.18. The van der Waals surface area contributed by atoms with Crippen LogP contribution in [0.1, 0.15) is 30.6 Å². The molecule has 0 aliphatic carbocycles. The molecular formula is C23H26F2N4O. The summed E-state index contributed by atoms with van der Waals surface area (Å²) in [4.78, 5) is 14.2. The summed E-state index contributed by atoms with van der Waals surface area (Å²) in [5.74, 6) is -0.637. The summed E-state index contributed by atoms with van der Waals surface area (Å²) in [5.41, 5.74) is 3.51. The lowest BCUT2D eigenvalue weighted by molar-refractivity contribution is -0.122. The molecule has 1 atom stereocenters. The van der Waals surface area contributed by atoms with Gasteiger partial charge in [-0.2, -0.15) is 5.10 Å². The SMILES string of the molecule is CC(NC(=O)CN(C)CCCc1cc(-c2ccc(F)cc2)n[nH]1)c1ccc(F)cc1. The molecule has 1 aromatic heterocycles. The Morgan fingerprint density at radius 1 is 1.10 bits per heavy atom. The fourth-order valence-electron chi connectivity index (χ4n) is 3.24. The maximum absolute atomic E-state index is 13.0. The third-order valence-corrected chi connectivity index (χ3v) is 4.92. The van der Waals surface area contributed by atoms with E-state index in [-0.39, 0.29) is 30.1 Å². The number of aryl methyl sites for hydroxylation is 1. The van der Waals surface area contributed by atoms with Crippen LogP contribution >= 0.6 is 0 Å². The number of hydrogen-bond donors (Lipinski definition) is 2. The highest BCUT2D eigenvalue weighted by molar-refractivity contribution is 5.78. The summed E-state index contributed by atoms with van der Waals surface area (Å²) in [6, 6.07) is 14.2. The fourth-order valence-corrected chi connectivity index (χ4v) is 3.24. The van der Waals surface area contributed by atoms with Crippen LogP contribution in [0.4, 0.5) is 8.78 Å². The summed E-state index contributed by atoms with van der Waals surface area (Å²) in [7, 11) is 1.90. The first-order valence-corrected chi connectivity index (χ1v) is 9.94. The minimum absolute atomic E-state index is 0.0746. The Kier molecular flexibility index (Phi) is 7.30. The number of aromatic amines is 1. The first-order valence-electron chi connectivity index (χ1n) is 9.94. The zero-order chi connectivity index (χ0) is 21.5. The Balaban J connectivity index is 1.40. The largest absolute Gasteiger partial charge is 0.348 e. The molecule has 0 radical (unpaired) electrons. The number of nitrogens with one attached hydrogen (secondary N) is 2. The van der Waals surface area contributed by atoms with Crippen LogP contribution in [-0.2, 0) is 11.2 Å². The van der Waals surface area contributed by atoms with Crippen molar-refractivity contribution in [2.75, 3.05) is 20.1 Å². The molecule has 7 heteroatoms. The van der Waals surface area contributed by atoms with Gasteiger partial charge >= 0.3 is 0 Å². The number of halogens is 2. The quantitative estimate of drug-likeness (QED) is 0.556. The average Bonchev–Trinajstić information content (AvgIpc) is 3.17. The highest BCUT2D eigenvalue weighted by atomic mass is 19.1. The molecule has 0 aliphatic rings. The van der Waals surface area contributed by atoms with Crippen LogP contribution < -0.4 is 5.32 Å². The Bertz CT molecular complexity index is 954. The van der Waals surface area contributed by atoms with Crippen LogP contribution in [-0.4, -0.2) is 41.1 Å². The molecule has 3 aromatic rings. The minimum Gasteiger partial charge on any atom is -0.348 e. The molecule has 0 saturated heterocycles. The number of aromatic nitrogens is 2. The molecule has 30 heavy (non-hydrogen) atoms. The zero-order valence-electron chi connectivity index (χ0n) is 17.2. The Morgan fingerprint density at radius 2 is 1.73 bits per heavy atom. The monoisotopic (exact) mass is 412 g/mol. The van der Waals surface area contributed by atoms with Gasteiger partial charge in [-0.1, -0.05) is 12.1 Å². The van der Waals surface area contributed by atoms with Gasteiger partial charge in [0, 0.05) is 11.3 Å². The first-order chi connectivity index (χ1) is 14.4. The van der Waals surface area contributed by atoms with Gasteiger partial charge in [0.15, 0.2) is 0 Å². The number of hydrogen-bond acceptors (Lipinski definition) is 3. The van der Waals surface area contributed by atoms with E-state index in [1.165, 1.54) is 24.3 Å². The van der Waals surface area contributed by atoms with E-state index in [1.807, 2.05) is 24.9 Å². The van der Waals surface area contributed by atoms with Crippen molar-refractivity contribution < 1.29 is 13.6 Å². The van der Waals surface area contributed by atoms with E-state index < -0.39 is 0 Å². The first kappa shape index (κ1) is 21.6. The second kappa shape index (κ2) is 10.1. The van der Waals surface area contributed by atoms with Gasteiger partial charge in [-0.15, -0.1) is 0 Å². The predicted octanol–water partition coefficient (Wildman–Crippen LogP) is 4.10. The lowest BCUT2D eigenvalue weighted by Gasteiger charge is -2.19. The van der Waals surface area contributed by atoms with Crippen molar-refractivity contribution in [2.24, 2.45) is 0 Å². The summed E-state index contributed by atoms with van der Waals surface area (Å²) in [5, 5.41) is 10.2. The standard InChI is InChI=1S/C23H26F2N4O/c1-16(17-5-9-19(24)10-6-17)26-23(30)15-29(2)13-3-4-21-14-22(28-27-21)18-7-11-20(25)12-8-18/h5-12,14,16H,3-4,13,15H2,1-2H3,(H,26,30)(H,27,28). The van der Waals surface area contributed by atoms with E-state index >= 15 is 0 Å². The van der Waals surface area contributed by atoms with Crippen LogP contribution in [0.3, 0.4) is 0 Å². The summed E-state index contributed by atoms with van der Waals surface area (Å²) >= 11 is 0. The maximum Gasteiger partial charge on any atom is 0.234 e. The van der Waals surface area contributed by atoms with Gasteiger partial charge in [0.1, 0.15) is 11.6 Å². The number of carbonyl (C=O) groups is 1. The molecule has 158 valence electrons. The van der Waals surface area contributed by atoms with Crippen LogP contribution in [0.5, 0.6) is 0 Å². The third-order valence-electron chi connectivity index (χ3n) is 4.92. The molecule has 1 unspecified atom stereocenters. The molecule has 5 nitrogen and oxygen atoms in total. The summed E-state index contributed by atoms with van der Waals surface area (Å²) in [6.45, 7) is 2.92. The number of rotatable bonds is 9. The van der Waals surface area contributed by atoms with E-state index in [0.717, 1.165) is 41.9 Å². The molecule has 2 aromatic carbocycles. The van der Waals surface area contributed by atoms with Crippen LogP contribution in [0, 0.1) is 11.6 Å². The van der Waals surface area contributed by atoms with E-state index in [2.05, 4.69) is 15.5 Å². The van der Waals surface area contributed by atoms with Crippen LogP contribution in [0.25, 0.3) is 11.3 Å². The maximum atomic E-state index is 13.0. The van der Waals surface area contributed by atoms with Gasteiger partial charge in [0.25, 0.3) is 0 Å². The smallest absolute Gasteiger partial charge is 0.234 e. The molecule has 0 aliphatic heterocycles. The van der Waals surface area contributed by atoms with Crippen molar-refractivity contribution in [2.45, 2.75) is 25.8 Å². The van der Waals surface area contributed by atoms with Gasteiger partial charge in [-0.05, 0) is 81.4 Å². The second-order valence-corrected chi connectivity index (χ2v) is 7.47. The van der Waals surface area contributed by atoms with E-state index in [4.69, 9.17) is 0 Å². The van der Waals surface area contributed by atoms with E-state index in [1.54, 1.807) is 24.3 Å². The van der Waals surface area contributed by atoms with Gasteiger partial charge < -0.3 is 5.32 Å². The van der Waals surface area contributed by atoms with Crippen molar-refractivity contribution in [1.82, 2.24) is 20.4 Å². The van der Waals surface area contributed by atoms with Gasteiger partial charge in [0.05, 0.1) is 18.3 Å². The van der Waals surface area contributed by atoms with Crippen molar-refractivity contribution in [3.63, 3.8) is 0 Å². The normalized spacial score (nSPS) is 12.2. The van der Waals surface area contributed by atoms with Crippen molar-refractivity contribution in [1.29, 1.82) is 0 Å². The molecule has 0 spiro atoms. The van der Waals surface area contributed by atoms with Gasteiger partial charge in [-0.3, -0.25) is 14.8 Å². The third kappa shape index (κ3) is 6.22. The topological polar surface area (TPSA) is 61.0 Å². The van der Waals surface area contributed by atoms with Gasteiger partial charge in [-0.25, -0.2) is 8.78 Å². The molecule has 1 amide bonds. The minimum atomic E-state index is -0.293. The van der Waals surface area contributed by atoms with E-state index in [9.17, 15) is 13.6 Å². The summed E-state index contributed by atoms with van der Waals surface area (Å²) < 4.78 is 26.0. The van der Waals surface area contributed by atoms with Crippen LogP contribution in [0.2, 0.25) is 0 Å². The number of benzene rings is 2. The number of carbonyl (C=O) groups excluding carboxylic acids is 1. The van der Waals surface area contributed by atoms with Crippen LogP contribution in [0.15, 0.2) is 54.6 Å². The number of nitrogens with zero attached hydrogens (tertiary/aromatic N) is 2. The number of amides is 1. The molecule has 0 fully saturated rings. The Labute approximate surface area is 175 Å². The molecule has 3 rings (SSSR count). The summed E-state index contributed by atoms with van der Waals surface area (Å²) in [6.07, 6.45) is 1.66. The molecule has 1 heterocycles. The Hall–Kier alpha value is -3.06. The molecule has 2 N–H and O–H groups in total. The molecule has 0 saturated carbocycles. The van der Waals surface area contributed by atoms with Crippen molar-refractivity contribution in [3.8, 4) is 11.3 Å². The van der Waals surface area contributed by atoms with E-state index in [0.29, 0.717) is 0 Å². The average molecular weight is 412 g/mol. The fraction of sp³-hybridized carbons (Fsp3) is 0.304. The lowest BCUT2D eigenvalue weighted by Crippen LogP contribution is -2.36. The molecular weight excluding hydrogens is 386 g/mol. The zero-order valence-corrected chi connectivity index (χ0v) is 17.2. The predicted molar refractivity (Wildman–Crippen MR) is 113 cm³/mol. The Morgan fingerprint density at radius 3 is 2.40 bits per heavy atom. The number of likely N-dealkylation sites (N-methyl/N-ethyl adjacent to an activating group) is 1. The highest BCUT2D eigenvalue weighted by Gasteiger charge is 2.12. The van der Waals surface area contributed by atoms with Crippen molar-refractivity contribution >= 4 is 5.91 Å². The lowest BCUT2D eigenvalue weighted by atomic mass is 10.1. The van der Waals surface area contributed by atoms with Crippen molar-refractivity contribution in [3.05, 3.63) is 77.5 Å². The second-order valence-electron chi connectivity index (χ2n) is 7.47. The van der Waals surface area contributed by atoms with Gasteiger partial charge in [0.2, 0.25) is 5.91 Å². The number of H-pyrrole nitrogens is 1. The molecule has 0 bridgehead atoms.